The van der Waals surface area contributed by atoms with Crippen molar-refractivity contribution in [2.24, 2.45) is 0 Å². The molecule has 0 heterocycles. The molecule has 0 atom stereocenters. The summed E-state index contributed by atoms with van der Waals surface area (Å²) in [5.41, 5.74) is 1.33. The fraction of sp³-hybridized carbons (Fsp3) is 0.571. The van der Waals surface area contributed by atoms with E-state index in [-0.39, 0.29) is 0 Å². The SMILES string of the molecule is CCCNCc1ccc(Cl)cc1SCCCOC. The van der Waals surface area contributed by atoms with Gasteiger partial charge in [-0.2, -0.15) is 0 Å². The highest BCUT2D eigenvalue weighted by molar-refractivity contribution is 7.99. The predicted molar refractivity (Wildman–Crippen MR) is 80.7 cm³/mol. The number of halogens is 1. The molecule has 2 nitrogen and oxygen atoms in total. The molecule has 0 aliphatic carbocycles. The molecule has 0 saturated carbocycles. The molecule has 1 N–H and O–H groups in total. The molecule has 0 aliphatic heterocycles. The average molecular weight is 288 g/mol. The lowest BCUT2D eigenvalue weighted by atomic mass is 10.2. The number of ether oxygens (including phenoxy) is 1. The highest BCUT2D eigenvalue weighted by Crippen LogP contribution is 2.26. The Morgan fingerprint density at radius 2 is 2.22 bits per heavy atom. The fourth-order valence-electron chi connectivity index (χ4n) is 1.59. The Balaban J connectivity index is 2.53. The van der Waals surface area contributed by atoms with Crippen molar-refractivity contribution in [3.05, 3.63) is 28.8 Å². The lowest BCUT2D eigenvalue weighted by Gasteiger charge is -2.10. The first-order valence-corrected chi connectivity index (χ1v) is 7.75. The zero-order valence-corrected chi connectivity index (χ0v) is 12.7. The first-order chi connectivity index (χ1) is 8.77. The van der Waals surface area contributed by atoms with Crippen LogP contribution in [0, 0.1) is 0 Å². The lowest BCUT2D eigenvalue weighted by Crippen LogP contribution is -2.14. The van der Waals surface area contributed by atoms with Crippen LogP contribution in [-0.4, -0.2) is 26.0 Å². The van der Waals surface area contributed by atoms with Gasteiger partial charge in [-0.15, -0.1) is 11.8 Å². The second-order valence-electron chi connectivity index (χ2n) is 4.12. The molecular formula is C14H22ClNOS. The van der Waals surface area contributed by atoms with E-state index in [2.05, 4.69) is 24.4 Å². The van der Waals surface area contributed by atoms with Gasteiger partial charge in [0.05, 0.1) is 0 Å². The van der Waals surface area contributed by atoms with Crippen molar-refractivity contribution in [3.63, 3.8) is 0 Å². The molecule has 102 valence electrons. The summed E-state index contributed by atoms with van der Waals surface area (Å²) in [5.74, 6) is 1.06. The van der Waals surface area contributed by atoms with E-state index >= 15 is 0 Å². The van der Waals surface area contributed by atoms with Crippen LogP contribution in [-0.2, 0) is 11.3 Å². The van der Waals surface area contributed by atoms with Crippen LogP contribution in [0.5, 0.6) is 0 Å². The van der Waals surface area contributed by atoms with Gasteiger partial charge in [0, 0.05) is 35.9 Å². The third-order valence-corrected chi connectivity index (χ3v) is 3.94. The van der Waals surface area contributed by atoms with Gasteiger partial charge in [-0.25, -0.2) is 0 Å². The number of hydrogen-bond acceptors (Lipinski definition) is 3. The average Bonchev–Trinajstić information content (AvgIpc) is 2.37. The van der Waals surface area contributed by atoms with Crippen LogP contribution >= 0.6 is 23.4 Å². The number of benzene rings is 1. The van der Waals surface area contributed by atoms with E-state index in [0.717, 1.165) is 43.3 Å². The molecule has 0 amide bonds. The van der Waals surface area contributed by atoms with Crippen molar-refractivity contribution < 1.29 is 4.74 Å². The van der Waals surface area contributed by atoms with Crippen molar-refractivity contribution in [1.29, 1.82) is 0 Å². The number of nitrogens with one attached hydrogen (secondary N) is 1. The number of methoxy groups -OCH3 is 1. The molecule has 1 aromatic carbocycles. The first kappa shape index (κ1) is 15.8. The minimum Gasteiger partial charge on any atom is -0.385 e. The van der Waals surface area contributed by atoms with Gasteiger partial charge < -0.3 is 10.1 Å². The van der Waals surface area contributed by atoms with Crippen molar-refractivity contribution in [2.45, 2.75) is 31.2 Å². The zero-order chi connectivity index (χ0) is 13.2. The van der Waals surface area contributed by atoms with E-state index in [4.69, 9.17) is 16.3 Å². The van der Waals surface area contributed by atoms with E-state index in [1.807, 2.05) is 17.8 Å². The number of rotatable bonds is 9. The minimum absolute atomic E-state index is 0.809. The normalized spacial score (nSPS) is 10.8. The Morgan fingerprint density at radius 3 is 2.94 bits per heavy atom. The van der Waals surface area contributed by atoms with E-state index in [9.17, 15) is 0 Å². The van der Waals surface area contributed by atoms with Crippen LogP contribution in [0.1, 0.15) is 25.3 Å². The summed E-state index contributed by atoms with van der Waals surface area (Å²) in [6.45, 7) is 4.96. The molecule has 0 spiro atoms. The summed E-state index contributed by atoms with van der Waals surface area (Å²) in [6.07, 6.45) is 2.22. The summed E-state index contributed by atoms with van der Waals surface area (Å²) in [7, 11) is 1.74. The van der Waals surface area contributed by atoms with Gasteiger partial charge in [0.15, 0.2) is 0 Å². The van der Waals surface area contributed by atoms with Gasteiger partial charge in [0.25, 0.3) is 0 Å². The van der Waals surface area contributed by atoms with Crippen LogP contribution < -0.4 is 5.32 Å². The van der Waals surface area contributed by atoms with Crippen molar-refractivity contribution in [2.75, 3.05) is 26.0 Å². The maximum absolute atomic E-state index is 6.06. The van der Waals surface area contributed by atoms with Crippen LogP contribution in [0.4, 0.5) is 0 Å². The van der Waals surface area contributed by atoms with Gasteiger partial charge in [0.1, 0.15) is 0 Å². The zero-order valence-electron chi connectivity index (χ0n) is 11.2. The minimum atomic E-state index is 0.809. The molecule has 0 aromatic heterocycles. The molecular weight excluding hydrogens is 266 g/mol. The van der Waals surface area contributed by atoms with Gasteiger partial charge in [-0.05, 0) is 37.1 Å². The lowest BCUT2D eigenvalue weighted by molar-refractivity contribution is 0.200. The summed E-state index contributed by atoms with van der Waals surface area (Å²) >= 11 is 7.91. The van der Waals surface area contributed by atoms with E-state index in [1.54, 1.807) is 7.11 Å². The van der Waals surface area contributed by atoms with E-state index in [1.165, 1.54) is 10.5 Å². The molecule has 4 heteroatoms. The molecule has 1 aromatic rings. The second-order valence-corrected chi connectivity index (χ2v) is 5.70. The Morgan fingerprint density at radius 1 is 1.39 bits per heavy atom. The van der Waals surface area contributed by atoms with Crippen LogP contribution in [0.3, 0.4) is 0 Å². The standard InChI is InChI=1S/C14H22ClNOS/c1-3-7-16-11-12-5-6-13(15)10-14(12)18-9-4-8-17-2/h5-6,10,16H,3-4,7-9,11H2,1-2H3. The van der Waals surface area contributed by atoms with Crippen molar-refractivity contribution >= 4 is 23.4 Å². The molecule has 0 saturated heterocycles. The maximum atomic E-state index is 6.06. The largest absolute Gasteiger partial charge is 0.385 e. The molecule has 18 heavy (non-hydrogen) atoms. The Hall–Kier alpha value is -0.220. The van der Waals surface area contributed by atoms with Gasteiger partial charge >= 0.3 is 0 Å². The van der Waals surface area contributed by atoms with E-state index in [0.29, 0.717) is 0 Å². The van der Waals surface area contributed by atoms with Gasteiger partial charge in [0.2, 0.25) is 0 Å². The topological polar surface area (TPSA) is 21.3 Å². The highest BCUT2D eigenvalue weighted by Gasteiger charge is 2.04. The summed E-state index contributed by atoms with van der Waals surface area (Å²) < 4.78 is 5.06. The number of thioether (sulfide) groups is 1. The Bertz CT molecular complexity index is 347. The Kier molecular flexibility index (Phi) is 8.51. The molecule has 0 fully saturated rings. The van der Waals surface area contributed by atoms with Gasteiger partial charge in [-0.3, -0.25) is 0 Å². The number of hydrogen-bond donors (Lipinski definition) is 1. The molecule has 0 aliphatic rings. The molecule has 1 rings (SSSR count). The van der Waals surface area contributed by atoms with Crippen LogP contribution in [0.2, 0.25) is 5.02 Å². The summed E-state index contributed by atoms with van der Waals surface area (Å²) in [5, 5.41) is 4.24. The molecule has 0 bridgehead atoms. The quantitative estimate of drug-likeness (QED) is 0.548. The smallest absolute Gasteiger partial charge is 0.0470 e. The molecule has 0 radical (unpaired) electrons. The first-order valence-electron chi connectivity index (χ1n) is 6.38. The Labute approximate surface area is 119 Å². The summed E-state index contributed by atoms with van der Waals surface area (Å²) in [6, 6.07) is 6.13. The monoisotopic (exact) mass is 287 g/mol. The maximum Gasteiger partial charge on any atom is 0.0470 e. The van der Waals surface area contributed by atoms with E-state index < -0.39 is 0 Å². The van der Waals surface area contributed by atoms with Crippen molar-refractivity contribution in [3.8, 4) is 0 Å². The van der Waals surface area contributed by atoms with Crippen molar-refractivity contribution in [1.82, 2.24) is 5.32 Å². The van der Waals surface area contributed by atoms with Gasteiger partial charge in [-0.1, -0.05) is 24.6 Å². The predicted octanol–water partition coefficient (Wildman–Crippen LogP) is 3.97. The fourth-order valence-corrected chi connectivity index (χ4v) is 2.85. The molecule has 0 unspecified atom stereocenters. The third kappa shape index (κ3) is 6.10. The van der Waals surface area contributed by atoms with Crippen LogP contribution in [0.25, 0.3) is 0 Å². The third-order valence-electron chi connectivity index (χ3n) is 2.52. The second kappa shape index (κ2) is 9.68. The van der Waals surface area contributed by atoms with Crippen LogP contribution in [0.15, 0.2) is 23.1 Å². The highest BCUT2D eigenvalue weighted by atomic mass is 35.5. The summed E-state index contributed by atoms with van der Waals surface area (Å²) in [4.78, 5) is 1.28.